The summed E-state index contributed by atoms with van der Waals surface area (Å²) in [5.74, 6) is -0.358. The molecule has 5 nitrogen and oxygen atoms in total. The Morgan fingerprint density at radius 1 is 1.42 bits per heavy atom. The van der Waals surface area contributed by atoms with Crippen LogP contribution in [-0.4, -0.2) is 27.7 Å². The summed E-state index contributed by atoms with van der Waals surface area (Å²) in [4.78, 5) is 14.3. The van der Waals surface area contributed by atoms with Gasteiger partial charge in [0.1, 0.15) is 5.82 Å². The number of aromatic amines is 1. The second-order valence-corrected chi connectivity index (χ2v) is 7.86. The lowest BCUT2D eigenvalue weighted by Gasteiger charge is -2.29. The predicted molar refractivity (Wildman–Crippen MR) is 94.5 cm³/mol. The molecule has 0 radical (unpaired) electrons. The number of carbonyl (C=O) groups is 1. The Kier molecular flexibility index (Phi) is 4.38. The number of hydrogen-bond acceptors (Lipinski definition) is 2. The lowest BCUT2D eigenvalue weighted by molar-refractivity contribution is 0.206. The van der Waals surface area contributed by atoms with Gasteiger partial charge in [-0.3, -0.25) is 5.10 Å². The number of benzene rings is 1. The van der Waals surface area contributed by atoms with Crippen LogP contribution in [0.15, 0.2) is 22.7 Å². The highest BCUT2D eigenvalue weighted by molar-refractivity contribution is 9.10. The van der Waals surface area contributed by atoms with Crippen molar-refractivity contribution >= 4 is 27.6 Å². The number of H-pyrrole nitrogens is 1. The molecule has 1 aromatic carbocycles. The minimum atomic E-state index is -0.358. The molecule has 2 amide bonds. The third-order valence-electron chi connectivity index (χ3n) is 4.10. The fourth-order valence-electron chi connectivity index (χ4n) is 2.87. The molecule has 128 valence electrons. The normalized spacial score (nSPS) is 14.5. The number of nitrogens with one attached hydrogen (secondary N) is 2. The van der Waals surface area contributed by atoms with Crippen molar-refractivity contribution < 1.29 is 9.18 Å². The summed E-state index contributed by atoms with van der Waals surface area (Å²) in [6, 6.07) is 4.23. The predicted octanol–water partition coefficient (Wildman–Crippen LogP) is 4.20. The van der Waals surface area contributed by atoms with Crippen molar-refractivity contribution in [3.63, 3.8) is 0 Å². The van der Waals surface area contributed by atoms with Crippen molar-refractivity contribution in [3.8, 4) is 0 Å². The lowest BCUT2D eigenvalue weighted by Crippen LogP contribution is -2.39. The van der Waals surface area contributed by atoms with E-state index in [1.165, 1.54) is 6.07 Å². The first kappa shape index (κ1) is 17.0. The van der Waals surface area contributed by atoms with Gasteiger partial charge in [-0.15, -0.1) is 0 Å². The van der Waals surface area contributed by atoms with Crippen molar-refractivity contribution in [2.45, 2.75) is 39.2 Å². The maximum absolute atomic E-state index is 13.3. The SMILES string of the molecule is CC(C)(C)c1n[nH]c2c1CN(C(=O)Nc1ccc(F)c(Br)c1)CC2. The third-order valence-corrected chi connectivity index (χ3v) is 4.71. The molecule has 0 saturated heterocycles. The summed E-state index contributed by atoms with van der Waals surface area (Å²) in [6.45, 7) is 7.47. The number of carbonyl (C=O) groups excluding carboxylic acids is 1. The molecule has 1 aliphatic heterocycles. The number of nitrogens with zero attached hydrogens (tertiary/aromatic N) is 2. The Bertz CT molecular complexity index is 781. The molecule has 0 aliphatic carbocycles. The van der Waals surface area contributed by atoms with E-state index in [9.17, 15) is 9.18 Å². The molecule has 0 spiro atoms. The minimum absolute atomic E-state index is 0.0780. The van der Waals surface area contributed by atoms with Crippen molar-refractivity contribution in [3.05, 3.63) is 45.4 Å². The van der Waals surface area contributed by atoms with E-state index in [2.05, 4.69) is 52.2 Å². The molecule has 0 atom stereocenters. The zero-order valence-electron chi connectivity index (χ0n) is 13.9. The Morgan fingerprint density at radius 3 is 2.83 bits per heavy atom. The Labute approximate surface area is 148 Å². The first-order chi connectivity index (χ1) is 11.3. The molecule has 7 heteroatoms. The van der Waals surface area contributed by atoms with Crippen molar-refractivity contribution in [1.82, 2.24) is 15.1 Å². The topological polar surface area (TPSA) is 61.0 Å². The Morgan fingerprint density at radius 2 is 2.17 bits per heavy atom. The van der Waals surface area contributed by atoms with E-state index in [-0.39, 0.29) is 17.3 Å². The van der Waals surface area contributed by atoms with Crippen LogP contribution in [0.1, 0.15) is 37.7 Å². The Balaban J connectivity index is 1.76. The van der Waals surface area contributed by atoms with E-state index in [0.717, 1.165) is 23.4 Å². The highest BCUT2D eigenvalue weighted by Gasteiger charge is 2.29. The molecule has 0 bridgehead atoms. The fourth-order valence-corrected chi connectivity index (χ4v) is 3.24. The third kappa shape index (κ3) is 3.31. The number of halogens is 2. The maximum atomic E-state index is 13.3. The first-order valence-electron chi connectivity index (χ1n) is 7.83. The van der Waals surface area contributed by atoms with Gasteiger partial charge in [-0.25, -0.2) is 9.18 Å². The highest BCUT2D eigenvalue weighted by Crippen LogP contribution is 2.29. The summed E-state index contributed by atoms with van der Waals surface area (Å²) in [7, 11) is 0. The van der Waals surface area contributed by atoms with Gasteiger partial charge in [0.2, 0.25) is 0 Å². The molecule has 24 heavy (non-hydrogen) atoms. The zero-order valence-corrected chi connectivity index (χ0v) is 15.5. The molecule has 0 fully saturated rings. The van der Waals surface area contributed by atoms with Crippen LogP contribution in [0.3, 0.4) is 0 Å². The van der Waals surface area contributed by atoms with Gasteiger partial charge in [-0.05, 0) is 34.1 Å². The van der Waals surface area contributed by atoms with Crippen LogP contribution < -0.4 is 5.32 Å². The highest BCUT2D eigenvalue weighted by atomic mass is 79.9. The summed E-state index contributed by atoms with van der Waals surface area (Å²) in [5, 5.41) is 10.4. The van der Waals surface area contributed by atoms with Gasteiger partial charge in [0, 0.05) is 35.3 Å². The molecule has 2 heterocycles. The van der Waals surface area contributed by atoms with Crippen molar-refractivity contribution in [2.75, 3.05) is 11.9 Å². The van der Waals surface area contributed by atoms with Gasteiger partial charge < -0.3 is 10.2 Å². The molecule has 0 saturated carbocycles. The van der Waals surface area contributed by atoms with Crippen LogP contribution in [-0.2, 0) is 18.4 Å². The van der Waals surface area contributed by atoms with Gasteiger partial charge >= 0.3 is 6.03 Å². The molecule has 2 N–H and O–H groups in total. The molecular weight excluding hydrogens is 375 g/mol. The van der Waals surface area contributed by atoms with E-state index < -0.39 is 0 Å². The van der Waals surface area contributed by atoms with E-state index in [1.54, 1.807) is 17.0 Å². The smallest absolute Gasteiger partial charge is 0.320 e. The molecular formula is C17H20BrFN4O. The van der Waals surface area contributed by atoms with E-state index in [1.807, 2.05) is 0 Å². The van der Waals surface area contributed by atoms with Gasteiger partial charge in [0.25, 0.3) is 0 Å². The number of fused-ring (bicyclic) bond motifs is 1. The van der Waals surface area contributed by atoms with E-state index >= 15 is 0 Å². The van der Waals surface area contributed by atoms with Gasteiger partial charge in [-0.2, -0.15) is 5.10 Å². The van der Waals surface area contributed by atoms with Crippen molar-refractivity contribution in [2.24, 2.45) is 0 Å². The molecule has 3 rings (SSSR count). The van der Waals surface area contributed by atoms with Crippen molar-refractivity contribution in [1.29, 1.82) is 0 Å². The van der Waals surface area contributed by atoms with Gasteiger partial charge in [0.15, 0.2) is 0 Å². The minimum Gasteiger partial charge on any atom is -0.320 e. The number of hydrogen-bond donors (Lipinski definition) is 2. The van der Waals surface area contributed by atoms with Gasteiger partial charge in [-0.1, -0.05) is 20.8 Å². The number of rotatable bonds is 1. The fraction of sp³-hybridized carbons (Fsp3) is 0.412. The van der Waals surface area contributed by atoms with E-state index in [0.29, 0.717) is 23.2 Å². The summed E-state index contributed by atoms with van der Waals surface area (Å²) in [5.41, 5.74) is 3.69. The quantitative estimate of drug-likeness (QED) is 0.761. The zero-order chi connectivity index (χ0) is 17.5. The van der Waals surface area contributed by atoms with Gasteiger partial charge in [0.05, 0.1) is 16.7 Å². The monoisotopic (exact) mass is 394 g/mol. The average Bonchev–Trinajstić information content (AvgIpc) is 2.94. The molecule has 2 aromatic rings. The average molecular weight is 395 g/mol. The second kappa shape index (κ2) is 6.20. The lowest BCUT2D eigenvalue weighted by atomic mass is 9.87. The van der Waals surface area contributed by atoms with Crippen LogP contribution in [0.25, 0.3) is 0 Å². The Hall–Kier alpha value is -1.89. The largest absolute Gasteiger partial charge is 0.322 e. The van der Waals surface area contributed by atoms with Crippen LogP contribution in [0.4, 0.5) is 14.9 Å². The standard InChI is InChI=1S/C17H20BrFN4O/c1-17(2,3)15-11-9-23(7-6-14(11)21-22-15)16(24)20-10-4-5-13(19)12(18)8-10/h4-5,8H,6-7,9H2,1-3H3,(H,20,24)(H,21,22). The summed E-state index contributed by atoms with van der Waals surface area (Å²) < 4.78 is 13.6. The van der Waals surface area contributed by atoms with Crippen LogP contribution in [0.2, 0.25) is 0 Å². The number of urea groups is 1. The number of aromatic nitrogens is 2. The van der Waals surface area contributed by atoms with Crippen LogP contribution >= 0.6 is 15.9 Å². The molecule has 1 aromatic heterocycles. The maximum Gasteiger partial charge on any atom is 0.322 e. The molecule has 1 aliphatic rings. The van der Waals surface area contributed by atoms with Crippen LogP contribution in [0, 0.1) is 5.82 Å². The molecule has 0 unspecified atom stereocenters. The van der Waals surface area contributed by atoms with Crippen LogP contribution in [0.5, 0.6) is 0 Å². The summed E-state index contributed by atoms with van der Waals surface area (Å²) in [6.07, 6.45) is 0.749. The summed E-state index contributed by atoms with van der Waals surface area (Å²) >= 11 is 3.13. The number of anilines is 1. The second-order valence-electron chi connectivity index (χ2n) is 7.01. The van der Waals surface area contributed by atoms with E-state index in [4.69, 9.17) is 0 Å². The first-order valence-corrected chi connectivity index (χ1v) is 8.62. The number of amides is 2.